The molecule has 9 heteroatoms. The Morgan fingerprint density at radius 2 is 1.86 bits per heavy atom. The number of amides is 2. The second-order valence-electron chi connectivity index (χ2n) is 9.66. The SMILES string of the molecule is Cc1ccc(-c2ccc(N3CCCN(C(=O)CN(C[C@H]4CCCO4)C(=O)c4ccco4)CC3)nn2)cc1. The minimum absolute atomic E-state index is 0.00441. The lowest BCUT2D eigenvalue weighted by Crippen LogP contribution is -2.46. The van der Waals surface area contributed by atoms with Crippen LogP contribution in [0.15, 0.2) is 59.2 Å². The Hall–Kier alpha value is -3.72. The van der Waals surface area contributed by atoms with Crippen LogP contribution in [0.4, 0.5) is 5.82 Å². The van der Waals surface area contributed by atoms with E-state index < -0.39 is 0 Å². The van der Waals surface area contributed by atoms with Crippen molar-refractivity contribution in [2.45, 2.75) is 32.3 Å². The molecule has 0 unspecified atom stereocenters. The van der Waals surface area contributed by atoms with Gasteiger partial charge in [0, 0.05) is 44.9 Å². The van der Waals surface area contributed by atoms with E-state index in [1.807, 2.05) is 29.2 Å². The number of hydrogen-bond acceptors (Lipinski definition) is 7. The number of ether oxygens (including phenoxy) is 1. The second-order valence-corrected chi connectivity index (χ2v) is 9.66. The lowest BCUT2D eigenvalue weighted by Gasteiger charge is -2.28. The van der Waals surface area contributed by atoms with Crippen molar-refractivity contribution in [3.63, 3.8) is 0 Å². The first kappa shape index (κ1) is 25.0. The van der Waals surface area contributed by atoms with Crippen LogP contribution in [0.2, 0.25) is 0 Å². The number of aryl methyl sites for hydroxylation is 1. The van der Waals surface area contributed by atoms with Crippen LogP contribution in [0.3, 0.4) is 0 Å². The lowest BCUT2D eigenvalue weighted by molar-refractivity contribution is -0.132. The van der Waals surface area contributed by atoms with Gasteiger partial charge in [-0.1, -0.05) is 29.8 Å². The first-order chi connectivity index (χ1) is 18.1. The molecule has 0 saturated carbocycles. The van der Waals surface area contributed by atoms with Crippen LogP contribution in [0.5, 0.6) is 0 Å². The van der Waals surface area contributed by atoms with Crippen molar-refractivity contribution < 1.29 is 18.7 Å². The van der Waals surface area contributed by atoms with E-state index >= 15 is 0 Å². The monoisotopic (exact) mass is 503 g/mol. The Morgan fingerprint density at radius 1 is 1.00 bits per heavy atom. The molecule has 0 aliphatic carbocycles. The standard InChI is InChI=1S/C28H33N5O4/c1-21-7-9-22(10-8-21)24-11-12-26(30-29-24)31-13-4-14-32(16-15-31)27(34)20-33(19-23-5-2-17-36-23)28(35)25-6-3-18-37-25/h3,6-12,18,23H,2,4-5,13-17,19-20H2,1H3/t23-/m1/s1. The maximum absolute atomic E-state index is 13.3. The van der Waals surface area contributed by atoms with Crippen molar-refractivity contribution in [2.24, 2.45) is 0 Å². The third-order valence-electron chi connectivity index (χ3n) is 6.96. The van der Waals surface area contributed by atoms with Gasteiger partial charge in [0.1, 0.15) is 6.54 Å². The number of anilines is 1. The molecule has 1 aromatic carbocycles. The predicted molar refractivity (Wildman–Crippen MR) is 139 cm³/mol. The first-order valence-corrected chi connectivity index (χ1v) is 12.9. The summed E-state index contributed by atoms with van der Waals surface area (Å²) in [5, 5.41) is 8.90. The van der Waals surface area contributed by atoms with Gasteiger partial charge in [-0.05, 0) is 50.5 Å². The van der Waals surface area contributed by atoms with E-state index in [4.69, 9.17) is 9.15 Å². The minimum Gasteiger partial charge on any atom is -0.459 e. The minimum atomic E-state index is -0.283. The van der Waals surface area contributed by atoms with E-state index in [0.717, 1.165) is 42.9 Å². The summed E-state index contributed by atoms with van der Waals surface area (Å²) >= 11 is 0. The van der Waals surface area contributed by atoms with Crippen molar-refractivity contribution in [3.05, 3.63) is 66.1 Å². The van der Waals surface area contributed by atoms with Crippen molar-refractivity contribution in [3.8, 4) is 11.3 Å². The highest BCUT2D eigenvalue weighted by Gasteiger charge is 2.29. The van der Waals surface area contributed by atoms with Gasteiger partial charge in [0.05, 0.1) is 18.1 Å². The van der Waals surface area contributed by atoms with Crippen LogP contribution < -0.4 is 4.90 Å². The third kappa shape index (κ3) is 6.17. The molecule has 194 valence electrons. The van der Waals surface area contributed by atoms with Crippen molar-refractivity contribution in [2.75, 3.05) is 50.8 Å². The normalized spacial score (nSPS) is 18.0. The largest absolute Gasteiger partial charge is 0.459 e. The average Bonchev–Trinajstić information content (AvgIpc) is 3.59. The second kappa shape index (κ2) is 11.6. The van der Waals surface area contributed by atoms with Gasteiger partial charge in [-0.2, -0.15) is 0 Å². The zero-order valence-corrected chi connectivity index (χ0v) is 21.2. The summed E-state index contributed by atoms with van der Waals surface area (Å²) in [5.41, 5.74) is 3.08. The maximum atomic E-state index is 13.3. The van der Waals surface area contributed by atoms with E-state index in [0.29, 0.717) is 32.8 Å². The summed E-state index contributed by atoms with van der Waals surface area (Å²) in [6.07, 6.45) is 4.09. The highest BCUT2D eigenvalue weighted by Crippen LogP contribution is 2.20. The van der Waals surface area contributed by atoms with Crippen molar-refractivity contribution in [1.29, 1.82) is 0 Å². The summed E-state index contributed by atoms with van der Waals surface area (Å²) in [5.74, 6) is 0.688. The highest BCUT2D eigenvalue weighted by atomic mass is 16.5. The molecule has 0 bridgehead atoms. The molecule has 1 atom stereocenters. The number of benzene rings is 1. The number of hydrogen-bond donors (Lipinski definition) is 0. The summed E-state index contributed by atoms with van der Waals surface area (Å²) in [6.45, 7) is 5.77. The first-order valence-electron chi connectivity index (χ1n) is 12.9. The molecule has 2 amide bonds. The van der Waals surface area contributed by atoms with E-state index in [1.165, 1.54) is 11.8 Å². The number of carbonyl (C=O) groups excluding carboxylic acids is 2. The smallest absolute Gasteiger partial charge is 0.290 e. The molecule has 0 spiro atoms. The maximum Gasteiger partial charge on any atom is 0.290 e. The molecule has 4 heterocycles. The molecule has 2 aromatic heterocycles. The van der Waals surface area contributed by atoms with Gasteiger partial charge in [0.15, 0.2) is 11.6 Å². The van der Waals surface area contributed by atoms with Crippen LogP contribution in [0.25, 0.3) is 11.3 Å². The molecule has 5 rings (SSSR count). The van der Waals surface area contributed by atoms with E-state index in [9.17, 15) is 9.59 Å². The fraction of sp³-hybridized carbons (Fsp3) is 0.429. The molecular weight excluding hydrogens is 470 g/mol. The Balaban J connectivity index is 1.20. The Bertz CT molecular complexity index is 1170. The topological polar surface area (TPSA) is 92.0 Å². The van der Waals surface area contributed by atoms with Gasteiger partial charge in [-0.3, -0.25) is 9.59 Å². The fourth-order valence-corrected chi connectivity index (χ4v) is 4.84. The van der Waals surface area contributed by atoms with Gasteiger partial charge in [-0.15, -0.1) is 10.2 Å². The Morgan fingerprint density at radius 3 is 2.57 bits per heavy atom. The van der Waals surface area contributed by atoms with Crippen LogP contribution in [-0.4, -0.2) is 83.8 Å². The van der Waals surface area contributed by atoms with E-state index in [1.54, 1.807) is 17.0 Å². The fourth-order valence-electron chi connectivity index (χ4n) is 4.84. The number of rotatable bonds is 7. The molecule has 9 nitrogen and oxygen atoms in total. The van der Waals surface area contributed by atoms with Gasteiger partial charge < -0.3 is 23.9 Å². The molecule has 3 aromatic rings. The Kier molecular flexibility index (Phi) is 7.79. The highest BCUT2D eigenvalue weighted by molar-refractivity contribution is 5.94. The van der Waals surface area contributed by atoms with Gasteiger partial charge in [0.25, 0.3) is 5.91 Å². The summed E-state index contributed by atoms with van der Waals surface area (Å²) in [4.78, 5) is 31.9. The molecule has 2 aliphatic heterocycles. The Labute approximate surface area is 217 Å². The van der Waals surface area contributed by atoms with Crippen LogP contribution in [0, 0.1) is 6.92 Å². The van der Waals surface area contributed by atoms with E-state index in [-0.39, 0.29) is 30.2 Å². The molecule has 37 heavy (non-hydrogen) atoms. The van der Waals surface area contributed by atoms with E-state index in [2.05, 4.69) is 34.2 Å². The van der Waals surface area contributed by atoms with Gasteiger partial charge in [0.2, 0.25) is 5.91 Å². The zero-order chi connectivity index (χ0) is 25.6. The van der Waals surface area contributed by atoms with Gasteiger partial charge >= 0.3 is 0 Å². The van der Waals surface area contributed by atoms with Gasteiger partial charge in [-0.25, -0.2) is 0 Å². The molecule has 2 fully saturated rings. The quantitative estimate of drug-likeness (QED) is 0.488. The van der Waals surface area contributed by atoms with Crippen LogP contribution in [-0.2, 0) is 9.53 Å². The van der Waals surface area contributed by atoms with Crippen molar-refractivity contribution in [1.82, 2.24) is 20.0 Å². The van der Waals surface area contributed by atoms with Crippen molar-refractivity contribution >= 4 is 17.6 Å². The third-order valence-corrected chi connectivity index (χ3v) is 6.96. The number of furan rings is 1. The number of carbonyl (C=O) groups is 2. The zero-order valence-electron chi connectivity index (χ0n) is 21.2. The number of aromatic nitrogens is 2. The summed E-state index contributed by atoms with van der Waals surface area (Å²) in [6, 6.07) is 15.5. The average molecular weight is 504 g/mol. The molecule has 0 N–H and O–H groups in total. The molecule has 2 saturated heterocycles. The molecule has 2 aliphatic rings. The predicted octanol–water partition coefficient (Wildman–Crippen LogP) is 3.41. The van der Waals surface area contributed by atoms with Crippen LogP contribution >= 0.6 is 0 Å². The number of nitrogens with zero attached hydrogens (tertiary/aromatic N) is 5. The summed E-state index contributed by atoms with van der Waals surface area (Å²) < 4.78 is 11.1. The molecule has 0 radical (unpaired) electrons. The van der Waals surface area contributed by atoms with Crippen LogP contribution in [0.1, 0.15) is 35.4 Å². The summed E-state index contributed by atoms with van der Waals surface area (Å²) in [7, 11) is 0. The lowest BCUT2D eigenvalue weighted by atomic mass is 10.1. The molecular formula is C28H33N5O4.